The highest BCUT2D eigenvalue weighted by molar-refractivity contribution is 7.20. The number of carbonyl (C=O) groups excluding carboxylic acids is 1. The molecule has 2 fully saturated rings. The van der Waals surface area contributed by atoms with Gasteiger partial charge in [0.05, 0.1) is 15.8 Å². The van der Waals surface area contributed by atoms with Gasteiger partial charge in [0.1, 0.15) is 12.7 Å². The van der Waals surface area contributed by atoms with E-state index in [0.717, 1.165) is 10.2 Å². The number of rotatable bonds is 5. The van der Waals surface area contributed by atoms with Gasteiger partial charge < -0.3 is 23.7 Å². The van der Waals surface area contributed by atoms with Crippen LogP contribution in [0, 0.1) is 0 Å². The number of benzene rings is 2. The molecule has 1 aromatic heterocycles. The summed E-state index contributed by atoms with van der Waals surface area (Å²) in [6.07, 6.45) is -2.12. The molecule has 4 atom stereocenters. The summed E-state index contributed by atoms with van der Waals surface area (Å²) in [4.78, 5) is 16.9. The maximum absolute atomic E-state index is 12.3. The van der Waals surface area contributed by atoms with Crippen LogP contribution in [0.1, 0.15) is 24.2 Å². The first kappa shape index (κ1) is 19.4. The fraction of sp³-hybridized carbons (Fsp3) is 0.364. The van der Waals surface area contributed by atoms with Crippen LogP contribution >= 0.6 is 11.3 Å². The number of hydrogen-bond acceptors (Lipinski definition) is 8. The number of fused-ring (bicyclic) bond motifs is 2. The van der Waals surface area contributed by atoms with Crippen molar-refractivity contribution >= 4 is 27.5 Å². The molecular weight excluding hydrogens is 406 g/mol. The van der Waals surface area contributed by atoms with Gasteiger partial charge in [0.15, 0.2) is 24.3 Å². The van der Waals surface area contributed by atoms with E-state index in [2.05, 4.69) is 4.98 Å². The van der Waals surface area contributed by atoms with Crippen LogP contribution in [0.2, 0.25) is 0 Å². The van der Waals surface area contributed by atoms with Gasteiger partial charge >= 0.3 is 5.97 Å². The molecule has 0 amide bonds. The van der Waals surface area contributed by atoms with E-state index in [4.69, 9.17) is 23.7 Å². The molecule has 2 aromatic carbocycles. The average Bonchev–Trinajstić information content (AvgIpc) is 3.37. The first-order valence-electron chi connectivity index (χ1n) is 9.74. The van der Waals surface area contributed by atoms with Crippen molar-refractivity contribution in [1.82, 2.24) is 4.98 Å². The van der Waals surface area contributed by atoms with E-state index in [1.807, 2.05) is 44.2 Å². The molecule has 5 rings (SSSR count). The van der Waals surface area contributed by atoms with Crippen LogP contribution in [-0.4, -0.2) is 47.9 Å². The van der Waals surface area contributed by atoms with Crippen molar-refractivity contribution < 1.29 is 28.5 Å². The van der Waals surface area contributed by atoms with Gasteiger partial charge in [-0.05, 0) is 38.1 Å². The Hall–Kier alpha value is -2.52. The number of aromatic nitrogens is 1. The zero-order chi connectivity index (χ0) is 20.7. The van der Waals surface area contributed by atoms with Gasteiger partial charge in [-0.3, -0.25) is 0 Å². The third kappa shape index (κ3) is 3.79. The Kier molecular flexibility index (Phi) is 4.94. The number of ether oxygens (including phenoxy) is 5. The van der Waals surface area contributed by atoms with Crippen molar-refractivity contribution in [1.29, 1.82) is 0 Å². The number of nitrogens with zero attached hydrogens (tertiary/aromatic N) is 1. The maximum Gasteiger partial charge on any atom is 0.338 e. The second kappa shape index (κ2) is 7.63. The summed E-state index contributed by atoms with van der Waals surface area (Å²) >= 11 is 1.45. The van der Waals surface area contributed by atoms with E-state index in [9.17, 15) is 4.79 Å². The first-order chi connectivity index (χ1) is 14.5. The largest absolute Gasteiger partial charge is 0.461 e. The molecule has 3 heterocycles. The van der Waals surface area contributed by atoms with Gasteiger partial charge in [-0.2, -0.15) is 0 Å². The molecule has 0 spiro atoms. The molecule has 0 saturated carbocycles. The molecule has 2 aliphatic rings. The molecule has 0 aliphatic carbocycles. The minimum absolute atomic E-state index is 0.0173. The Balaban J connectivity index is 1.34. The third-order valence-corrected chi connectivity index (χ3v) is 5.91. The number of carbonyl (C=O) groups is 1. The van der Waals surface area contributed by atoms with Crippen molar-refractivity contribution in [2.45, 2.75) is 44.2 Å². The lowest BCUT2D eigenvalue weighted by Gasteiger charge is -2.25. The monoisotopic (exact) mass is 427 g/mol. The van der Waals surface area contributed by atoms with Crippen molar-refractivity contribution in [3.05, 3.63) is 60.2 Å². The Bertz CT molecular complexity index is 1020. The standard InChI is InChI=1S/C22H21NO6S/c1-22(2)28-18-17(27-21-23-14-10-6-7-11-16(14)30-21)15(26-20(18)29-22)12-25-19(24)13-8-4-3-5-9-13/h3-11,15,17-18,20H,12H2,1-2H3/t15-,17+,18-,20-/m1/s1. The minimum Gasteiger partial charge on any atom is -0.461 e. The van der Waals surface area contributed by atoms with Gasteiger partial charge in [-0.25, -0.2) is 9.78 Å². The van der Waals surface area contributed by atoms with Crippen LogP contribution in [0.4, 0.5) is 0 Å². The van der Waals surface area contributed by atoms with Gasteiger partial charge in [-0.15, -0.1) is 0 Å². The first-order valence-corrected chi connectivity index (χ1v) is 10.6. The highest BCUT2D eigenvalue weighted by Crippen LogP contribution is 2.40. The zero-order valence-electron chi connectivity index (χ0n) is 16.5. The van der Waals surface area contributed by atoms with Gasteiger partial charge in [0, 0.05) is 0 Å². The fourth-order valence-electron chi connectivity index (χ4n) is 3.66. The molecule has 156 valence electrons. The number of para-hydroxylation sites is 1. The van der Waals surface area contributed by atoms with Crippen LogP contribution in [-0.2, 0) is 18.9 Å². The molecule has 0 radical (unpaired) electrons. The van der Waals surface area contributed by atoms with Crippen LogP contribution in [0.25, 0.3) is 10.2 Å². The molecule has 8 heteroatoms. The van der Waals surface area contributed by atoms with E-state index in [1.54, 1.807) is 24.3 Å². The lowest BCUT2D eigenvalue weighted by Crippen LogP contribution is -2.41. The number of thiazole rings is 1. The quantitative estimate of drug-likeness (QED) is 0.574. The van der Waals surface area contributed by atoms with Crippen molar-refractivity contribution in [3.63, 3.8) is 0 Å². The molecule has 0 bridgehead atoms. The SMILES string of the molecule is CC1(C)O[C@H]2O[C@H](COC(=O)c3ccccc3)[C@H](Oc3nc4ccccc4s3)[C@H]2O1. The highest BCUT2D eigenvalue weighted by atomic mass is 32.1. The van der Waals surface area contributed by atoms with Crippen molar-refractivity contribution in [3.8, 4) is 5.19 Å². The van der Waals surface area contributed by atoms with E-state index in [-0.39, 0.29) is 6.61 Å². The minimum atomic E-state index is -0.782. The normalized spacial score (nSPS) is 27.1. The summed E-state index contributed by atoms with van der Waals surface area (Å²) in [5.74, 6) is -1.20. The van der Waals surface area contributed by atoms with Crippen LogP contribution in [0.15, 0.2) is 54.6 Å². The molecule has 7 nitrogen and oxygen atoms in total. The summed E-state index contributed by atoms with van der Waals surface area (Å²) in [5.41, 5.74) is 1.34. The molecule has 30 heavy (non-hydrogen) atoms. The summed E-state index contributed by atoms with van der Waals surface area (Å²) in [7, 11) is 0. The summed E-state index contributed by atoms with van der Waals surface area (Å²) in [5, 5.41) is 0.512. The lowest BCUT2D eigenvalue weighted by atomic mass is 10.1. The van der Waals surface area contributed by atoms with Crippen LogP contribution < -0.4 is 4.74 Å². The molecule has 0 N–H and O–H groups in total. The Labute approximate surface area is 177 Å². The van der Waals surface area contributed by atoms with Gasteiger partial charge in [0.25, 0.3) is 5.19 Å². The topological polar surface area (TPSA) is 76.1 Å². The van der Waals surface area contributed by atoms with Gasteiger partial charge in [0.2, 0.25) is 0 Å². The molecular formula is C22H21NO6S. The summed E-state index contributed by atoms with van der Waals surface area (Å²) < 4.78 is 30.6. The number of hydrogen-bond donors (Lipinski definition) is 0. The number of esters is 1. The second-order valence-corrected chi connectivity index (χ2v) is 8.63. The van der Waals surface area contributed by atoms with Crippen LogP contribution in [0.3, 0.4) is 0 Å². The summed E-state index contributed by atoms with van der Waals surface area (Å²) in [6, 6.07) is 16.6. The van der Waals surface area contributed by atoms with Gasteiger partial charge in [-0.1, -0.05) is 41.7 Å². The Morgan fingerprint density at radius 2 is 1.87 bits per heavy atom. The van der Waals surface area contributed by atoms with E-state index in [0.29, 0.717) is 10.8 Å². The predicted molar refractivity (Wildman–Crippen MR) is 109 cm³/mol. The maximum atomic E-state index is 12.3. The third-order valence-electron chi connectivity index (χ3n) is 4.99. The van der Waals surface area contributed by atoms with Crippen molar-refractivity contribution in [2.75, 3.05) is 6.61 Å². The predicted octanol–water partition coefficient (Wildman–Crippen LogP) is 3.78. The molecule has 0 unspecified atom stereocenters. The van der Waals surface area contributed by atoms with E-state index >= 15 is 0 Å². The fourth-order valence-corrected chi connectivity index (χ4v) is 4.51. The zero-order valence-corrected chi connectivity index (χ0v) is 17.3. The summed E-state index contributed by atoms with van der Waals surface area (Å²) in [6.45, 7) is 3.67. The molecule has 2 saturated heterocycles. The molecule has 3 aromatic rings. The van der Waals surface area contributed by atoms with E-state index < -0.39 is 36.4 Å². The smallest absolute Gasteiger partial charge is 0.338 e. The highest BCUT2D eigenvalue weighted by Gasteiger charge is 2.56. The van der Waals surface area contributed by atoms with E-state index in [1.165, 1.54) is 11.3 Å². The van der Waals surface area contributed by atoms with Crippen molar-refractivity contribution in [2.24, 2.45) is 0 Å². The average molecular weight is 427 g/mol. The lowest BCUT2D eigenvalue weighted by molar-refractivity contribution is -0.216. The second-order valence-electron chi connectivity index (χ2n) is 7.64. The van der Waals surface area contributed by atoms with Crippen LogP contribution in [0.5, 0.6) is 5.19 Å². The Morgan fingerprint density at radius 1 is 1.10 bits per heavy atom. The Morgan fingerprint density at radius 3 is 2.67 bits per heavy atom. The molecule has 2 aliphatic heterocycles.